The van der Waals surface area contributed by atoms with E-state index in [1.165, 1.54) is 17.1 Å². The smallest absolute Gasteiger partial charge is 0.411 e. The van der Waals surface area contributed by atoms with Crippen molar-refractivity contribution in [3.05, 3.63) is 12.4 Å². The first-order chi connectivity index (χ1) is 8.87. The molecule has 0 spiro atoms. The second-order valence-corrected chi connectivity index (χ2v) is 3.71. The molecule has 0 aliphatic heterocycles. The van der Waals surface area contributed by atoms with Crippen LogP contribution in [0.15, 0.2) is 12.4 Å². The summed E-state index contributed by atoms with van der Waals surface area (Å²) in [5.41, 5.74) is 5.82. The Hall–Kier alpha value is -1.77. The lowest BCUT2D eigenvalue weighted by Gasteiger charge is -2.08. The van der Waals surface area contributed by atoms with Gasteiger partial charge in [0, 0.05) is 12.6 Å². The molecule has 19 heavy (non-hydrogen) atoms. The fraction of sp³-hybridized carbons (Fsp3) is 0.600. The second kappa shape index (κ2) is 6.98. The minimum absolute atomic E-state index is 0.00651. The number of aromatic nitrogens is 2. The number of alkyl halides is 3. The summed E-state index contributed by atoms with van der Waals surface area (Å²) in [6, 6.07) is 0. The van der Waals surface area contributed by atoms with Gasteiger partial charge in [0.05, 0.1) is 25.1 Å². The van der Waals surface area contributed by atoms with Crippen molar-refractivity contribution in [3.8, 4) is 0 Å². The first kappa shape index (κ1) is 15.3. The van der Waals surface area contributed by atoms with E-state index >= 15 is 0 Å². The minimum atomic E-state index is -4.34. The van der Waals surface area contributed by atoms with Crippen LogP contribution < -0.4 is 5.73 Å². The van der Waals surface area contributed by atoms with E-state index in [9.17, 15) is 18.0 Å². The van der Waals surface area contributed by atoms with Gasteiger partial charge in [-0.2, -0.15) is 18.3 Å². The van der Waals surface area contributed by atoms with Gasteiger partial charge in [-0.3, -0.25) is 9.48 Å². The predicted octanol–water partition coefficient (Wildman–Crippen LogP) is 0.977. The molecule has 0 aliphatic carbocycles. The molecule has 0 fully saturated rings. The number of ether oxygens (including phenoxy) is 2. The molecule has 0 atom stereocenters. The molecule has 2 N–H and O–H groups in total. The number of rotatable bonds is 7. The van der Waals surface area contributed by atoms with E-state index in [-0.39, 0.29) is 26.2 Å². The Morgan fingerprint density at radius 1 is 1.42 bits per heavy atom. The number of anilines is 1. The molecule has 0 aromatic carbocycles. The van der Waals surface area contributed by atoms with Crippen LogP contribution in [0.5, 0.6) is 0 Å². The number of hydrogen-bond donors (Lipinski definition) is 1. The van der Waals surface area contributed by atoms with Crippen LogP contribution in [0.25, 0.3) is 0 Å². The third-order valence-corrected chi connectivity index (χ3v) is 1.91. The number of nitrogens with zero attached hydrogens (tertiary/aromatic N) is 2. The van der Waals surface area contributed by atoms with Gasteiger partial charge < -0.3 is 15.2 Å². The Balaban J connectivity index is 2.05. The van der Waals surface area contributed by atoms with Gasteiger partial charge in [0.15, 0.2) is 0 Å². The third-order valence-electron chi connectivity index (χ3n) is 1.91. The number of esters is 1. The molecule has 108 valence electrons. The van der Waals surface area contributed by atoms with Gasteiger partial charge in [0.2, 0.25) is 0 Å². The van der Waals surface area contributed by atoms with Gasteiger partial charge >= 0.3 is 12.1 Å². The Kier molecular flexibility index (Phi) is 5.61. The maximum atomic E-state index is 11.7. The fourth-order valence-electron chi connectivity index (χ4n) is 1.18. The highest BCUT2D eigenvalue weighted by Crippen LogP contribution is 2.14. The molecule has 1 heterocycles. The van der Waals surface area contributed by atoms with E-state index in [4.69, 9.17) is 10.5 Å². The van der Waals surface area contributed by atoms with Gasteiger partial charge in [0.25, 0.3) is 0 Å². The molecule has 0 amide bonds. The van der Waals surface area contributed by atoms with Crippen molar-refractivity contribution < 1.29 is 27.4 Å². The second-order valence-electron chi connectivity index (χ2n) is 3.71. The first-order valence-electron chi connectivity index (χ1n) is 5.45. The summed E-state index contributed by atoms with van der Waals surface area (Å²) in [6.07, 6.45) is -1.29. The van der Waals surface area contributed by atoms with E-state index in [1.807, 2.05) is 0 Å². The summed E-state index contributed by atoms with van der Waals surface area (Å²) in [4.78, 5) is 11.3. The van der Waals surface area contributed by atoms with Crippen molar-refractivity contribution in [1.82, 2.24) is 9.78 Å². The third kappa shape index (κ3) is 7.29. The zero-order valence-corrected chi connectivity index (χ0v) is 10.0. The summed E-state index contributed by atoms with van der Waals surface area (Å²) in [5, 5.41) is 3.78. The summed E-state index contributed by atoms with van der Waals surface area (Å²) in [5.74, 6) is -0.543. The number of nitrogen functional groups attached to an aromatic ring is 1. The molecule has 6 nitrogen and oxygen atoms in total. The maximum absolute atomic E-state index is 11.7. The van der Waals surface area contributed by atoms with E-state index < -0.39 is 18.8 Å². The van der Waals surface area contributed by atoms with Gasteiger partial charge in [-0.15, -0.1) is 0 Å². The molecule has 1 aromatic heterocycles. The fourth-order valence-corrected chi connectivity index (χ4v) is 1.18. The lowest BCUT2D eigenvalue weighted by atomic mass is 10.5. The molecule has 1 rings (SSSR count). The Bertz CT molecular complexity index is 406. The molecule has 0 aliphatic rings. The molecule has 0 unspecified atom stereocenters. The van der Waals surface area contributed by atoms with Crippen LogP contribution in [0, 0.1) is 0 Å². The quantitative estimate of drug-likeness (QED) is 0.595. The molecule has 0 saturated carbocycles. The summed E-state index contributed by atoms with van der Waals surface area (Å²) >= 11 is 0. The van der Waals surface area contributed by atoms with Crippen molar-refractivity contribution in [2.75, 3.05) is 25.6 Å². The molecule has 1 aromatic rings. The molecular formula is C10H14F3N3O3. The zero-order valence-electron chi connectivity index (χ0n) is 10.0. The SMILES string of the molecule is Nc1cnn(CC(=O)OCCCOCC(F)(F)F)c1. The highest BCUT2D eigenvalue weighted by molar-refractivity contribution is 5.69. The average molecular weight is 281 g/mol. The van der Waals surface area contributed by atoms with Gasteiger partial charge in [-0.25, -0.2) is 0 Å². The number of halogens is 3. The van der Waals surface area contributed by atoms with Gasteiger partial charge in [-0.05, 0) is 0 Å². The zero-order chi connectivity index (χ0) is 14.3. The Morgan fingerprint density at radius 2 is 2.16 bits per heavy atom. The average Bonchev–Trinajstić information content (AvgIpc) is 2.67. The Morgan fingerprint density at radius 3 is 2.74 bits per heavy atom. The monoisotopic (exact) mass is 281 g/mol. The topological polar surface area (TPSA) is 79.4 Å². The van der Waals surface area contributed by atoms with Crippen molar-refractivity contribution >= 4 is 11.7 Å². The van der Waals surface area contributed by atoms with E-state index in [0.29, 0.717) is 5.69 Å². The molecule has 0 bridgehead atoms. The van der Waals surface area contributed by atoms with Crippen LogP contribution in [-0.4, -0.2) is 41.7 Å². The van der Waals surface area contributed by atoms with Crippen LogP contribution in [0.3, 0.4) is 0 Å². The summed E-state index contributed by atoms with van der Waals surface area (Å²) in [6.45, 7) is -1.52. The maximum Gasteiger partial charge on any atom is 0.411 e. The number of hydrogen-bond acceptors (Lipinski definition) is 5. The largest absolute Gasteiger partial charge is 0.464 e. The van der Waals surface area contributed by atoms with Crippen molar-refractivity contribution in [2.24, 2.45) is 0 Å². The number of carbonyl (C=O) groups is 1. The molecule has 9 heteroatoms. The van der Waals surface area contributed by atoms with Crippen LogP contribution in [-0.2, 0) is 20.8 Å². The summed E-state index contributed by atoms with van der Waals surface area (Å²) in [7, 11) is 0. The number of carbonyl (C=O) groups excluding carboxylic acids is 1. The van der Waals surface area contributed by atoms with Crippen molar-refractivity contribution in [2.45, 2.75) is 19.1 Å². The van der Waals surface area contributed by atoms with Crippen LogP contribution in [0.4, 0.5) is 18.9 Å². The van der Waals surface area contributed by atoms with E-state index in [2.05, 4.69) is 9.84 Å². The standard InChI is InChI=1S/C10H14F3N3O3/c11-10(12,13)7-18-2-1-3-19-9(17)6-16-5-8(14)4-15-16/h4-5H,1-3,6-7,14H2. The van der Waals surface area contributed by atoms with Crippen LogP contribution in [0.2, 0.25) is 0 Å². The normalized spacial score (nSPS) is 11.5. The van der Waals surface area contributed by atoms with Gasteiger partial charge in [0.1, 0.15) is 13.2 Å². The van der Waals surface area contributed by atoms with E-state index in [1.54, 1.807) is 0 Å². The van der Waals surface area contributed by atoms with Crippen LogP contribution >= 0.6 is 0 Å². The highest BCUT2D eigenvalue weighted by atomic mass is 19.4. The Labute approximate surface area is 107 Å². The lowest BCUT2D eigenvalue weighted by Crippen LogP contribution is -2.19. The molecular weight excluding hydrogens is 267 g/mol. The predicted molar refractivity (Wildman–Crippen MR) is 59.1 cm³/mol. The molecule has 0 saturated heterocycles. The molecule has 0 radical (unpaired) electrons. The first-order valence-corrected chi connectivity index (χ1v) is 5.45. The number of nitrogens with two attached hydrogens (primary N) is 1. The van der Waals surface area contributed by atoms with Crippen LogP contribution in [0.1, 0.15) is 6.42 Å². The lowest BCUT2D eigenvalue weighted by molar-refractivity contribution is -0.175. The summed E-state index contributed by atoms with van der Waals surface area (Å²) < 4.78 is 45.6. The minimum Gasteiger partial charge on any atom is -0.464 e. The highest BCUT2D eigenvalue weighted by Gasteiger charge is 2.27. The van der Waals surface area contributed by atoms with E-state index in [0.717, 1.165) is 0 Å². The van der Waals surface area contributed by atoms with Gasteiger partial charge in [-0.1, -0.05) is 0 Å². The van der Waals surface area contributed by atoms with Crippen molar-refractivity contribution in [3.63, 3.8) is 0 Å². The van der Waals surface area contributed by atoms with Crippen molar-refractivity contribution in [1.29, 1.82) is 0 Å².